The number of carbonyl (C=O) groups excluding carboxylic acids is 1. The third-order valence-corrected chi connectivity index (χ3v) is 7.11. The monoisotopic (exact) mass is 430 g/mol. The van der Waals surface area contributed by atoms with Crippen LogP contribution in [0.5, 0.6) is 11.6 Å². The first-order valence-electron chi connectivity index (χ1n) is 9.73. The highest BCUT2D eigenvalue weighted by molar-refractivity contribution is 7.89. The Bertz CT molecular complexity index is 1030. The lowest BCUT2D eigenvalue weighted by molar-refractivity contribution is -0.117. The number of carbonyl (C=O) groups is 1. The SMILES string of the molecule is C=CC(=O)NC1CC(C)N(S(=O)(=O)c2cccc(Oc3cncc(C)n3)c2)C(C)C1. The van der Waals surface area contributed by atoms with E-state index in [2.05, 4.69) is 21.9 Å². The zero-order chi connectivity index (χ0) is 21.9. The second kappa shape index (κ2) is 8.93. The summed E-state index contributed by atoms with van der Waals surface area (Å²) in [7, 11) is -3.76. The van der Waals surface area contributed by atoms with Gasteiger partial charge in [0.2, 0.25) is 21.8 Å². The third-order valence-electron chi connectivity index (χ3n) is 4.99. The lowest BCUT2D eigenvalue weighted by atomic mass is 9.95. The zero-order valence-electron chi connectivity index (χ0n) is 17.3. The maximum atomic E-state index is 13.4. The molecular formula is C21H26N4O4S. The van der Waals surface area contributed by atoms with Crippen molar-refractivity contribution in [2.45, 2.75) is 56.6 Å². The van der Waals surface area contributed by atoms with E-state index >= 15 is 0 Å². The van der Waals surface area contributed by atoms with Gasteiger partial charge in [0.1, 0.15) is 5.75 Å². The molecule has 1 aromatic carbocycles. The topological polar surface area (TPSA) is 101 Å². The summed E-state index contributed by atoms with van der Waals surface area (Å²) in [6, 6.07) is 5.70. The number of hydrogen-bond acceptors (Lipinski definition) is 6. The Morgan fingerprint density at radius 1 is 1.27 bits per heavy atom. The third kappa shape index (κ3) is 4.85. The van der Waals surface area contributed by atoms with Crippen molar-refractivity contribution in [1.82, 2.24) is 19.6 Å². The first-order chi connectivity index (χ1) is 14.2. The van der Waals surface area contributed by atoms with Crippen molar-refractivity contribution in [3.63, 3.8) is 0 Å². The maximum absolute atomic E-state index is 13.4. The molecule has 1 aliphatic rings. The second-order valence-corrected chi connectivity index (χ2v) is 9.33. The largest absolute Gasteiger partial charge is 0.437 e. The highest BCUT2D eigenvalue weighted by Gasteiger charge is 2.39. The predicted molar refractivity (Wildman–Crippen MR) is 113 cm³/mol. The van der Waals surface area contributed by atoms with Crippen LogP contribution in [0.25, 0.3) is 0 Å². The van der Waals surface area contributed by atoms with Gasteiger partial charge in [0.15, 0.2) is 0 Å². The van der Waals surface area contributed by atoms with Crippen LogP contribution in [0.1, 0.15) is 32.4 Å². The van der Waals surface area contributed by atoms with Crippen molar-refractivity contribution < 1.29 is 17.9 Å². The smallest absolute Gasteiger partial charge is 0.243 e. The fourth-order valence-corrected chi connectivity index (χ4v) is 5.72. The highest BCUT2D eigenvalue weighted by atomic mass is 32.2. The minimum atomic E-state index is -3.76. The van der Waals surface area contributed by atoms with Crippen LogP contribution >= 0.6 is 0 Å². The molecule has 0 spiro atoms. The quantitative estimate of drug-likeness (QED) is 0.707. The molecule has 2 heterocycles. The lowest BCUT2D eigenvalue weighted by Gasteiger charge is -2.41. The molecule has 1 saturated heterocycles. The van der Waals surface area contributed by atoms with Gasteiger partial charge in [0, 0.05) is 30.4 Å². The summed E-state index contributed by atoms with van der Waals surface area (Å²) in [6.45, 7) is 8.96. The van der Waals surface area contributed by atoms with E-state index in [9.17, 15) is 13.2 Å². The predicted octanol–water partition coefficient (Wildman–Crippen LogP) is 2.81. The van der Waals surface area contributed by atoms with Crippen LogP contribution in [0.2, 0.25) is 0 Å². The fourth-order valence-electron chi connectivity index (χ4n) is 3.84. The number of rotatable bonds is 6. The molecule has 0 bridgehead atoms. The minimum absolute atomic E-state index is 0.0958. The van der Waals surface area contributed by atoms with Crippen molar-refractivity contribution in [2.75, 3.05) is 0 Å². The van der Waals surface area contributed by atoms with Crippen LogP contribution < -0.4 is 10.1 Å². The van der Waals surface area contributed by atoms with Crippen LogP contribution in [0.4, 0.5) is 0 Å². The average molecular weight is 431 g/mol. The molecule has 30 heavy (non-hydrogen) atoms. The van der Waals surface area contributed by atoms with Gasteiger partial charge in [-0.05, 0) is 51.8 Å². The minimum Gasteiger partial charge on any atom is -0.437 e. The van der Waals surface area contributed by atoms with Crippen LogP contribution in [0.15, 0.2) is 54.2 Å². The molecule has 2 unspecified atom stereocenters. The number of sulfonamides is 1. The van der Waals surface area contributed by atoms with Crippen LogP contribution in [-0.2, 0) is 14.8 Å². The number of ether oxygens (including phenoxy) is 1. The number of nitrogens with zero attached hydrogens (tertiary/aromatic N) is 3. The molecule has 1 amide bonds. The number of hydrogen-bond donors (Lipinski definition) is 1. The number of aryl methyl sites for hydroxylation is 1. The number of aromatic nitrogens is 2. The van der Waals surface area contributed by atoms with Crippen molar-refractivity contribution >= 4 is 15.9 Å². The number of amides is 1. The fraction of sp³-hybridized carbons (Fsp3) is 0.381. The molecule has 0 saturated carbocycles. The molecule has 160 valence electrons. The number of benzene rings is 1. The maximum Gasteiger partial charge on any atom is 0.243 e. The van der Waals surface area contributed by atoms with E-state index in [0.29, 0.717) is 30.2 Å². The van der Waals surface area contributed by atoms with Crippen LogP contribution in [0, 0.1) is 6.92 Å². The lowest BCUT2D eigenvalue weighted by Crippen LogP contribution is -2.54. The summed E-state index contributed by atoms with van der Waals surface area (Å²) in [5.74, 6) is 0.411. The Morgan fingerprint density at radius 2 is 1.97 bits per heavy atom. The van der Waals surface area contributed by atoms with Gasteiger partial charge in [-0.15, -0.1) is 0 Å². The average Bonchev–Trinajstić information content (AvgIpc) is 2.67. The number of nitrogens with one attached hydrogen (secondary N) is 1. The highest BCUT2D eigenvalue weighted by Crippen LogP contribution is 2.31. The van der Waals surface area contributed by atoms with Gasteiger partial charge >= 0.3 is 0 Å². The summed E-state index contributed by atoms with van der Waals surface area (Å²) in [5, 5.41) is 2.87. The first-order valence-corrected chi connectivity index (χ1v) is 11.2. The van der Waals surface area contributed by atoms with E-state index in [1.54, 1.807) is 31.3 Å². The Hall–Kier alpha value is -2.78. The first kappa shape index (κ1) is 21.9. The van der Waals surface area contributed by atoms with E-state index in [-0.39, 0.29) is 28.9 Å². The summed E-state index contributed by atoms with van der Waals surface area (Å²) in [5.41, 5.74) is 0.699. The summed E-state index contributed by atoms with van der Waals surface area (Å²) in [4.78, 5) is 20.0. The zero-order valence-corrected chi connectivity index (χ0v) is 18.1. The van der Waals surface area contributed by atoms with Crippen LogP contribution in [0.3, 0.4) is 0 Å². The Kier molecular flexibility index (Phi) is 6.52. The molecule has 2 aromatic rings. The van der Waals surface area contributed by atoms with Crippen LogP contribution in [-0.4, -0.2) is 46.7 Å². The van der Waals surface area contributed by atoms with Crippen molar-refractivity contribution in [2.24, 2.45) is 0 Å². The molecule has 9 heteroatoms. The van der Waals surface area contributed by atoms with Gasteiger partial charge < -0.3 is 10.1 Å². The number of piperidine rings is 1. The summed E-state index contributed by atoms with van der Waals surface area (Å²) < 4.78 is 34.0. The van der Waals surface area contributed by atoms with Crippen molar-refractivity contribution in [3.05, 3.63) is 55.0 Å². The van der Waals surface area contributed by atoms with Gasteiger partial charge in [0.25, 0.3) is 0 Å². The Balaban J connectivity index is 1.81. The molecule has 1 N–H and O–H groups in total. The normalized spacial score (nSPS) is 22.3. The molecule has 1 fully saturated rings. The Labute approximate surface area is 177 Å². The van der Waals surface area contributed by atoms with E-state index in [1.807, 2.05) is 13.8 Å². The molecular weight excluding hydrogens is 404 g/mol. The molecule has 0 aliphatic carbocycles. The van der Waals surface area contributed by atoms with E-state index < -0.39 is 10.0 Å². The van der Waals surface area contributed by atoms with Crippen molar-refractivity contribution in [3.8, 4) is 11.6 Å². The summed E-state index contributed by atoms with van der Waals surface area (Å²) in [6.07, 6.45) is 5.36. The summed E-state index contributed by atoms with van der Waals surface area (Å²) >= 11 is 0. The molecule has 2 atom stereocenters. The van der Waals surface area contributed by atoms with Gasteiger partial charge in [-0.25, -0.2) is 13.4 Å². The Morgan fingerprint density at radius 3 is 2.60 bits per heavy atom. The molecule has 1 aromatic heterocycles. The van der Waals surface area contributed by atoms with Gasteiger partial charge in [-0.3, -0.25) is 9.78 Å². The molecule has 0 radical (unpaired) electrons. The second-order valence-electron chi connectivity index (χ2n) is 7.49. The standard InChI is InChI=1S/C21H26N4O4S/c1-5-20(26)24-17-9-15(3)25(16(4)10-17)30(27,28)19-8-6-7-18(11-19)29-21-13-22-12-14(2)23-21/h5-8,11-13,15-17H,1,9-10H2,2-4H3,(H,24,26). The van der Waals surface area contributed by atoms with Gasteiger partial charge in [0.05, 0.1) is 16.8 Å². The van der Waals surface area contributed by atoms with Crippen molar-refractivity contribution in [1.29, 1.82) is 0 Å². The molecule has 1 aliphatic heterocycles. The van der Waals surface area contributed by atoms with Gasteiger partial charge in [-0.1, -0.05) is 12.6 Å². The van der Waals surface area contributed by atoms with Gasteiger partial charge in [-0.2, -0.15) is 4.31 Å². The van der Waals surface area contributed by atoms with E-state index in [0.717, 1.165) is 0 Å². The molecule has 8 nitrogen and oxygen atoms in total. The molecule has 3 rings (SSSR count). The van der Waals surface area contributed by atoms with E-state index in [4.69, 9.17) is 4.74 Å². The van der Waals surface area contributed by atoms with E-state index in [1.165, 1.54) is 22.6 Å².